The topological polar surface area (TPSA) is 123 Å². The van der Waals surface area contributed by atoms with Gasteiger partial charge in [0.05, 0.1) is 29.0 Å². The molecule has 28 heavy (non-hydrogen) atoms. The lowest BCUT2D eigenvalue weighted by atomic mass is 10.0. The molecule has 150 valence electrons. The average molecular weight is 398 g/mol. The highest BCUT2D eigenvalue weighted by Crippen LogP contribution is 2.30. The predicted molar refractivity (Wildman–Crippen MR) is 90.9 cm³/mol. The van der Waals surface area contributed by atoms with Crippen LogP contribution in [0.1, 0.15) is 50.2 Å². The quantitative estimate of drug-likeness (QED) is 0.703. The number of alkyl halides is 3. The second-order valence-corrected chi connectivity index (χ2v) is 5.41. The highest BCUT2D eigenvalue weighted by atomic mass is 19.4. The molecule has 7 nitrogen and oxygen atoms in total. The van der Waals surface area contributed by atoms with Crippen LogP contribution in [0.5, 0.6) is 0 Å². The minimum absolute atomic E-state index is 0.0184. The average Bonchev–Trinajstić information content (AvgIpc) is 3.03. The molecule has 0 aliphatic heterocycles. The van der Waals surface area contributed by atoms with Gasteiger partial charge in [0.15, 0.2) is 0 Å². The number of H-pyrrole nitrogens is 1. The first kappa shape index (κ1) is 22.7. The van der Waals surface area contributed by atoms with Crippen molar-refractivity contribution < 1.29 is 37.7 Å². The SMILES string of the molecule is CCOCc1[nH]c(C(F)(F)F)cc1C#N.Cc1c(C(=O)O)cccc1C(=O)O. The van der Waals surface area contributed by atoms with E-state index in [9.17, 15) is 22.8 Å². The number of rotatable bonds is 5. The molecule has 0 radical (unpaired) electrons. The molecule has 0 saturated heterocycles. The number of nitrogens with one attached hydrogen (secondary N) is 1. The third kappa shape index (κ3) is 5.85. The first-order valence-corrected chi connectivity index (χ1v) is 7.86. The summed E-state index contributed by atoms with van der Waals surface area (Å²) in [6.45, 7) is 3.56. The van der Waals surface area contributed by atoms with Crippen LogP contribution in [-0.2, 0) is 17.5 Å². The van der Waals surface area contributed by atoms with Crippen molar-refractivity contribution in [2.45, 2.75) is 26.6 Å². The van der Waals surface area contributed by atoms with Crippen LogP contribution in [0, 0.1) is 18.3 Å². The van der Waals surface area contributed by atoms with Crippen molar-refractivity contribution in [2.24, 2.45) is 0 Å². The van der Waals surface area contributed by atoms with Crippen LogP contribution in [0.3, 0.4) is 0 Å². The maximum atomic E-state index is 12.3. The maximum Gasteiger partial charge on any atom is 0.431 e. The Bertz CT molecular complexity index is 865. The lowest BCUT2D eigenvalue weighted by molar-refractivity contribution is -0.140. The first-order chi connectivity index (χ1) is 13.0. The lowest BCUT2D eigenvalue weighted by Gasteiger charge is -2.03. The van der Waals surface area contributed by atoms with Crippen LogP contribution in [0.2, 0.25) is 0 Å². The number of carboxylic acid groups (broad SMARTS) is 2. The first-order valence-electron chi connectivity index (χ1n) is 7.86. The van der Waals surface area contributed by atoms with Gasteiger partial charge in [-0.15, -0.1) is 0 Å². The normalized spacial score (nSPS) is 10.6. The van der Waals surface area contributed by atoms with Crippen LogP contribution in [0.4, 0.5) is 13.2 Å². The molecule has 0 atom stereocenters. The van der Waals surface area contributed by atoms with Crippen LogP contribution in [0.25, 0.3) is 0 Å². The number of nitriles is 1. The van der Waals surface area contributed by atoms with Crippen molar-refractivity contribution in [3.8, 4) is 6.07 Å². The van der Waals surface area contributed by atoms with Gasteiger partial charge in [-0.05, 0) is 37.6 Å². The van der Waals surface area contributed by atoms with Gasteiger partial charge in [0, 0.05) is 6.61 Å². The van der Waals surface area contributed by atoms with Gasteiger partial charge < -0.3 is 19.9 Å². The zero-order valence-corrected chi connectivity index (χ0v) is 14.9. The standard InChI is InChI=1S/C9H9F3N2O.C9H8O4/c1-2-15-5-7-6(4-13)3-8(14-7)9(10,11)12;1-5-6(8(10)11)3-2-4-7(5)9(12)13/h3,14H,2,5H2,1H3;2-4H,1H3,(H,10,11)(H,12,13). The van der Waals surface area contributed by atoms with Gasteiger partial charge in [0.2, 0.25) is 0 Å². The Morgan fingerprint density at radius 1 is 1.21 bits per heavy atom. The molecule has 0 fully saturated rings. The van der Waals surface area contributed by atoms with Gasteiger partial charge >= 0.3 is 18.1 Å². The predicted octanol–water partition coefficient (Wildman–Crippen LogP) is 3.83. The Morgan fingerprint density at radius 2 is 1.75 bits per heavy atom. The number of aromatic carboxylic acids is 2. The molecule has 10 heteroatoms. The molecule has 3 N–H and O–H groups in total. The molecule has 2 rings (SSSR count). The highest BCUT2D eigenvalue weighted by molar-refractivity contribution is 5.96. The van der Waals surface area contributed by atoms with E-state index in [1.165, 1.54) is 25.1 Å². The van der Waals surface area contributed by atoms with Crippen LogP contribution in [0.15, 0.2) is 24.3 Å². The third-order valence-electron chi connectivity index (χ3n) is 3.57. The molecule has 0 amide bonds. The van der Waals surface area contributed by atoms with E-state index in [4.69, 9.17) is 20.2 Å². The van der Waals surface area contributed by atoms with E-state index < -0.39 is 23.8 Å². The zero-order valence-electron chi connectivity index (χ0n) is 14.9. The van der Waals surface area contributed by atoms with Crippen molar-refractivity contribution in [1.82, 2.24) is 4.98 Å². The molecular formula is C18H17F3N2O5. The van der Waals surface area contributed by atoms with E-state index >= 15 is 0 Å². The van der Waals surface area contributed by atoms with Crippen molar-refractivity contribution in [1.29, 1.82) is 5.26 Å². The lowest BCUT2D eigenvalue weighted by Crippen LogP contribution is -2.06. The van der Waals surface area contributed by atoms with Gasteiger partial charge in [-0.25, -0.2) is 9.59 Å². The number of ether oxygens (including phenoxy) is 1. The largest absolute Gasteiger partial charge is 0.478 e. The number of benzene rings is 1. The molecule has 0 unspecified atom stereocenters. The second-order valence-electron chi connectivity index (χ2n) is 5.41. The molecule has 0 saturated carbocycles. The number of hydrogen-bond acceptors (Lipinski definition) is 4. The Balaban J connectivity index is 0.000000283. The third-order valence-corrected chi connectivity index (χ3v) is 3.57. The summed E-state index contributed by atoms with van der Waals surface area (Å²) in [5.74, 6) is -2.22. The fourth-order valence-corrected chi connectivity index (χ4v) is 2.17. The van der Waals surface area contributed by atoms with Crippen molar-refractivity contribution in [3.05, 3.63) is 57.9 Å². The summed E-state index contributed by atoms with van der Waals surface area (Å²) in [5, 5.41) is 26.0. The molecule has 0 aliphatic carbocycles. The van der Waals surface area contributed by atoms with Gasteiger partial charge in [-0.3, -0.25) is 0 Å². The van der Waals surface area contributed by atoms with E-state index in [0.29, 0.717) is 6.61 Å². The number of carboxylic acids is 2. The highest BCUT2D eigenvalue weighted by Gasteiger charge is 2.33. The van der Waals surface area contributed by atoms with E-state index in [0.717, 1.165) is 6.07 Å². The van der Waals surface area contributed by atoms with Crippen LogP contribution in [-0.4, -0.2) is 33.7 Å². The monoisotopic (exact) mass is 398 g/mol. The molecular weight excluding hydrogens is 381 g/mol. The number of aromatic amines is 1. The summed E-state index contributed by atoms with van der Waals surface area (Å²) >= 11 is 0. The van der Waals surface area contributed by atoms with Gasteiger partial charge in [0.1, 0.15) is 11.8 Å². The minimum Gasteiger partial charge on any atom is -0.478 e. The smallest absolute Gasteiger partial charge is 0.431 e. The van der Waals surface area contributed by atoms with Crippen molar-refractivity contribution >= 4 is 11.9 Å². The molecule has 0 bridgehead atoms. The number of hydrogen-bond donors (Lipinski definition) is 3. The van der Waals surface area contributed by atoms with Gasteiger partial charge in [0.25, 0.3) is 0 Å². The summed E-state index contributed by atoms with van der Waals surface area (Å²) in [4.78, 5) is 23.3. The van der Waals surface area contributed by atoms with Crippen LogP contribution >= 0.6 is 0 Å². The molecule has 0 aliphatic rings. The maximum absolute atomic E-state index is 12.3. The Labute approximate surface area is 158 Å². The second kappa shape index (κ2) is 9.57. The fraction of sp³-hybridized carbons (Fsp3) is 0.278. The van der Waals surface area contributed by atoms with E-state index in [-0.39, 0.29) is 34.6 Å². The summed E-state index contributed by atoms with van der Waals surface area (Å²) in [5.41, 5.74) is -0.460. The Kier molecular flexibility index (Phi) is 7.76. The molecule has 1 aromatic carbocycles. The molecule has 2 aromatic rings. The number of halogens is 3. The molecule has 0 spiro atoms. The Morgan fingerprint density at radius 3 is 2.14 bits per heavy atom. The van der Waals surface area contributed by atoms with E-state index in [1.54, 1.807) is 13.0 Å². The summed E-state index contributed by atoms with van der Waals surface area (Å²) in [7, 11) is 0. The summed E-state index contributed by atoms with van der Waals surface area (Å²) in [6, 6.07) is 6.65. The summed E-state index contributed by atoms with van der Waals surface area (Å²) < 4.78 is 41.7. The van der Waals surface area contributed by atoms with E-state index in [1.807, 2.05) is 0 Å². The van der Waals surface area contributed by atoms with Gasteiger partial charge in [-0.2, -0.15) is 18.4 Å². The fourth-order valence-electron chi connectivity index (χ4n) is 2.17. The minimum atomic E-state index is -4.46. The van der Waals surface area contributed by atoms with E-state index in [2.05, 4.69) is 4.98 Å². The molecule has 1 aromatic heterocycles. The number of nitrogens with zero attached hydrogens (tertiary/aromatic N) is 1. The van der Waals surface area contributed by atoms with Crippen LogP contribution < -0.4 is 0 Å². The van der Waals surface area contributed by atoms with Crippen molar-refractivity contribution in [2.75, 3.05) is 6.61 Å². The number of aromatic nitrogens is 1. The number of carbonyl (C=O) groups is 2. The molecule has 1 heterocycles. The van der Waals surface area contributed by atoms with Crippen molar-refractivity contribution in [3.63, 3.8) is 0 Å². The van der Waals surface area contributed by atoms with Gasteiger partial charge in [-0.1, -0.05) is 6.07 Å². The summed E-state index contributed by atoms with van der Waals surface area (Å²) in [6.07, 6.45) is -4.46. The Hall–Kier alpha value is -3.32. The zero-order chi connectivity index (χ0) is 21.5.